The van der Waals surface area contributed by atoms with Gasteiger partial charge in [-0.3, -0.25) is 4.79 Å². The number of ether oxygens (including phenoxy) is 2. The van der Waals surface area contributed by atoms with Gasteiger partial charge in [0.25, 0.3) is 5.91 Å². The molecule has 9 heteroatoms. The minimum atomic E-state index is -0.852. The molecule has 0 aliphatic carbocycles. The van der Waals surface area contributed by atoms with Crippen LogP contribution in [-0.2, 0) is 14.3 Å². The number of nitrogens with zero attached hydrogens (tertiary/aromatic N) is 1. The van der Waals surface area contributed by atoms with Gasteiger partial charge in [0.1, 0.15) is 22.8 Å². The van der Waals surface area contributed by atoms with E-state index in [9.17, 15) is 14.0 Å². The van der Waals surface area contributed by atoms with Crippen LogP contribution in [0, 0.1) is 12.7 Å². The summed E-state index contributed by atoms with van der Waals surface area (Å²) >= 11 is 6.03. The molecule has 7 nitrogen and oxygen atoms in total. The lowest BCUT2D eigenvalue weighted by Crippen LogP contribution is -2.34. The number of amides is 1. The first-order valence-corrected chi connectivity index (χ1v) is 8.81. The molecule has 1 saturated heterocycles. The standard InChI is InChI=1S/C18H18ClFN2O5/c1-10-15(17(22-27-10)16-12(19)5-2-6-13(16)20)18(24)26-9-14(23)21-8-11-4-3-7-25-11/h2,5-6,11H,3-4,7-9H2,1H3,(H,21,23)/t11-/m0/s1. The highest BCUT2D eigenvalue weighted by atomic mass is 35.5. The Morgan fingerprint density at radius 1 is 1.44 bits per heavy atom. The van der Waals surface area contributed by atoms with Crippen molar-refractivity contribution < 1.29 is 28.0 Å². The highest BCUT2D eigenvalue weighted by Gasteiger charge is 2.27. The lowest BCUT2D eigenvalue weighted by atomic mass is 10.1. The van der Waals surface area contributed by atoms with Crippen LogP contribution in [-0.4, -0.2) is 42.9 Å². The molecular formula is C18H18ClFN2O5. The van der Waals surface area contributed by atoms with Crippen LogP contribution in [0.25, 0.3) is 11.3 Å². The van der Waals surface area contributed by atoms with Gasteiger partial charge in [0.15, 0.2) is 6.61 Å². The van der Waals surface area contributed by atoms with E-state index in [1.165, 1.54) is 25.1 Å². The molecule has 2 heterocycles. The molecule has 1 aromatic carbocycles. The summed E-state index contributed by atoms with van der Waals surface area (Å²) in [5.74, 6) is -1.83. The van der Waals surface area contributed by atoms with Crippen LogP contribution in [0.3, 0.4) is 0 Å². The zero-order chi connectivity index (χ0) is 19.4. The number of nitrogens with one attached hydrogen (secondary N) is 1. The quantitative estimate of drug-likeness (QED) is 0.755. The number of rotatable bonds is 6. The highest BCUT2D eigenvalue weighted by molar-refractivity contribution is 6.33. The van der Waals surface area contributed by atoms with Gasteiger partial charge in [-0.05, 0) is 31.9 Å². The molecule has 3 rings (SSSR count). The number of halogens is 2. The molecule has 27 heavy (non-hydrogen) atoms. The van der Waals surface area contributed by atoms with Crippen molar-refractivity contribution >= 4 is 23.5 Å². The molecule has 1 N–H and O–H groups in total. The molecular weight excluding hydrogens is 379 g/mol. The van der Waals surface area contributed by atoms with E-state index in [0.29, 0.717) is 13.2 Å². The van der Waals surface area contributed by atoms with E-state index in [4.69, 9.17) is 25.6 Å². The van der Waals surface area contributed by atoms with E-state index in [0.717, 1.165) is 12.8 Å². The second kappa shape index (κ2) is 8.49. The summed E-state index contributed by atoms with van der Waals surface area (Å²) in [5, 5.41) is 6.45. The van der Waals surface area contributed by atoms with Crippen molar-refractivity contribution in [2.24, 2.45) is 0 Å². The van der Waals surface area contributed by atoms with Crippen molar-refractivity contribution in [1.29, 1.82) is 0 Å². The third-order valence-electron chi connectivity index (χ3n) is 4.15. The normalized spacial score (nSPS) is 16.3. The van der Waals surface area contributed by atoms with Gasteiger partial charge in [-0.25, -0.2) is 9.18 Å². The number of hydrogen-bond donors (Lipinski definition) is 1. The Morgan fingerprint density at radius 2 is 2.26 bits per heavy atom. The topological polar surface area (TPSA) is 90.7 Å². The van der Waals surface area contributed by atoms with E-state index >= 15 is 0 Å². The van der Waals surface area contributed by atoms with Gasteiger partial charge in [-0.1, -0.05) is 22.8 Å². The first-order chi connectivity index (χ1) is 13.0. The van der Waals surface area contributed by atoms with Crippen LogP contribution >= 0.6 is 11.6 Å². The van der Waals surface area contributed by atoms with Crippen molar-refractivity contribution in [2.45, 2.75) is 25.9 Å². The summed E-state index contributed by atoms with van der Waals surface area (Å²) in [4.78, 5) is 24.3. The maximum Gasteiger partial charge on any atom is 0.344 e. The summed E-state index contributed by atoms with van der Waals surface area (Å²) in [7, 11) is 0. The molecule has 1 aromatic heterocycles. The third-order valence-corrected chi connectivity index (χ3v) is 4.47. The Balaban J connectivity index is 1.67. The van der Waals surface area contributed by atoms with E-state index < -0.39 is 24.3 Å². The summed E-state index contributed by atoms with van der Waals surface area (Å²) in [6.45, 7) is 2.04. The van der Waals surface area contributed by atoms with Gasteiger partial charge in [0, 0.05) is 13.2 Å². The average Bonchev–Trinajstić information content (AvgIpc) is 3.28. The smallest absolute Gasteiger partial charge is 0.344 e. The second-order valence-corrected chi connectivity index (χ2v) is 6.48. The SMILES string of the molecule is Cc1onc(-c2c(F)cccc2Cl)c1C(=O)OCC(=O)NC[C@@H]1CCCO1. The van der Waals surface area contributed by atoms with Crippen LogP contribution in [0.1, 0.15) is 29.0 Å². The molecule has 1 fully saturated rings. The van der Waals surface area contributed by atoms with E-state index in [1.807, 2.05) is 0 Å². The van der Waals surface area contributed by atoms with Crippen LogP contribution < -0.4 is 5.32 Å². The van der Waals surface area contributed by atoms with Crippen LogP contribution in [0.15, 0.2) is 22.7 Å². The number of benzene rings is 1. The van der Waals surface area contributed by atoms with Gasteiger partial charge in [0.2, 0.25) is 0 Å². The Bertz CT molecular complexity index is 828. The zero-order valence-electron chi connectivity index (χ0n) is 14.6. The predicted octanol–water partition coefficient (Wildman–Crippen LogP) is 2.89. The lowest BCUT2D eigenvalue weighted by Gasteiger charge is -2.11. The van der Waals surface area contributed by atoms with Crippen molar-refractivity contribution in [3.63, 3.8) is 0 Å². The number of aromatic nitrogens is 1. The highest BCUT2D eigenvalue weighted by Crippen LogP contribution is 2.33. The maximum atomic E-state index is 14.2. The molecule has 2 aromatic rings. The Morgan fingerprint density at radius 3 is 2.96 bits per heavy atom. The Labute approximate surface area is 159 Å². The molecule has 0 radical (unpaired) electrons. The van der Waals surface area contributed by atoms with Crippen LogP contribution in [0.5, 0.6) is 0 Å². The van der Waals surface area contributed by atoms with Gasteiger partial charge in [-0.2, -0.15) is 0 Å². The van der Waals surface area contributed by atoms with Gasteiger partial charge < -0.3 is 19.3 Å². The molecule has 144 valence electrons. The minimum Gasteiger partial charge on any atom is -0.452 e. The van der Waals surface area contributed by atoms with Gasteiger partial charge >= 0.3 is 5.97 Å². The van der Waals surface area contributed by atoms with Gasteiger partial charge in [0.05, 0.1) is 16.7 Å². The second-order valence-electron chi connectivity index (χ2n) is 6.07. The first kappa shape index (κ1) is 19.3. The summed E-state index contributed by atoms with van der Waals surface area (Å²) < 4.78 is 29.6. The first-order valence-electron chi connectivity index (χ1n) is 8.43. The summed E-state index contributed by atoms with van der Waals surface area (Å²) in [6.07, 6.45) is 1.83. The summed E-state index contributed by atoms with van der Waals surface area (Å²) in [5.41, 5.74) is -0.208. The molecule has 1 amide bonds. The van der Waals surface area contributed by atoms with E-state index in [2.05, 4.69) is 10.5 Å². The fraction of sp³-hybridized carbons (Fsp3) is 0.389. The average molecular weight is 397 g/mol. The molecule has 0 bridgehead atoms. The van der Waals surface area contributed by atoms with Crippen LogP contribution in [0.4, 0.5) is 4.39 Å². The van der Waals surface area contributed by atoms with Crippen molar-refractivity contribution in [1.82, 2.24) is 10.5 Å². The van der Waals surface area contributed by atoms with Crippen molar-refractivity contribution in [2.75, 3.05) is 19.8 Å². The Hall–Kier alpha value is -2.45. The zero-order valence-corrected chi connectivity index (χ0v) is 15.3. The number of carbonyl (C=O) groups excluding carboxylic acids is 2. The molecule has 0 unspecified atom stereocenters. The number of aryl methyl sites for hydroxylation is 1. The monoisotopic (exact) mass is 396 g/mol. The fourth-order valence-corrected chi connectivity index (χ4v) is 3.05. The van der Waals surface area contributed by atoms with Crippen molar-refractivity contribution in [3.05, 3.63) is 40.4 Å². The van der Waals surface area contributed by atoms with E-state index in [-0.39, 0.29) is 33.7 Å². The van der Waals surface area contributed by atoms with Crippen molar-refractivity contribution in [3.8, 4) is 11.3 Å². The predicted molar refractivity (Wildman–Crippen MR) is 93.9 cm³/mol. The molecule has 1 aliphatic rings. The number of esters is 1. The third kappa shape index (κ3) is 4.45. The number of carbonyl (C=O) groups is 2. The van der Waals surface area contributed by atoms with Gasteiger partial charge in [-0.15, -0.1) is 0 Å². The fourth-order valence-electron chi connectivity index (χ4n) is 2.79. The summed E-state index contributed by atoms with van der Waals surface area (Å²) in [6, 6.07) is 4.10. The van der Waals surface area contributed by atoms with Crippen LogP contribution in [0.2, 0.25) is 5.02 Å². The largest absolute Gasteiger partial charge is 0.452 e. The van der Waals surface area contributed by atoms with E-state index in [1.54, 1.807) is 0 Å². The minimum absolute atomic E-state index is 0.0141. The number of hydrogen-bond acceptors (Lipinski definition) is 6. The molecule has 1 atom stereocenters. The lowest BCUT2D eigenvalue weighted by molar-refractivity contribution is -0.124. The maximum absolute atomic E-state index is 14.2. The molecule has 1 aliphatic heterocycles. The molecule has 0 spiro atoms. The molecule has 0 saturated carbocycles. The Kier molecular flexibility index (Phi) is 6.08.